The number of amides is 1. The van der Waals surface area contributed by atoms with Crippen molar-refractivity contribution in [1.82, 2.24) is 14.5 Å². The van der Waals surface area contributed by atoms with Crippen molar-refractivity contribution in [2.45, 2.75) is 19.8 Å². The minimum absolute atomic E-state index is 0.0116. The van der Waals surface area contributed by atoms with Gasteiger partial charge >= 0.3 is 0 Å². The number of hydrogen-bond donors (Lipinski definition) is 2. The van der Waals surface area contributed by atoms with Crippen LogP contribution in [-0.2, 0) is 4.79 Å². The van der Waals surface area contributed by atoms with E-state index >= 15 is 0 Å². The quantitative estimate of drug-likeness (QED) is 0.836. The molecule has 2 aromatic heterocycles. The number of carbonyl (C=O) groups excluding carboxylic acids is 1. The fraction of sp³-hybridized carbons (Fsp3) is 0.357. The largest absolute Gasteiger partial charge is 0.330 e. The average molecular weight is 273 g/mol. The van der Waals surface area contributed by atoms with Gasteiger partial charge in [-0.05, 0) is 31.0 Å². The molecular weight excluding hydrogens is 254 g/mol. The summed E-state index contributed by atoms with van der Waals surface area (Å²) in [5.41, 5.74) is 6.22. The predicted molar refractivity (Wildman–Crippen MR) is 77.4 cm³/mol. The van der Waals surface area contributed by atoms with Gasteiger partial charge < -0.3 is 11.1 Å². The Labute approximate surface area is 118 Å². The van der Waals surface area contributed by atoms with Crippen LogP contribution in [0.15, 0.2) is 37.1 Å². The second kappa shape index (κ2) is 6.81. The second-order valence-corrected chi connectivity index (χ2v) is 4.80. The fourth-order valence-electron chi connectivity index (χ4n) is 1.73. The first-order valence-electron chi connectivity index (χ1n) is 6.63. The molecule has 2 rings (SSSR count). The van der Waals surface area contributed by atoms with Gasteiger partial charge in [0.15, 0.2) is 0 Å². The van der Waals surface area contributed by atoms with Crippen molar-refractivity contribution >= 4 is 11.6 Å². The van der Waals surface area contributed by atoms with Crippen molar-refractivity contribution in [3.63, 3.8) is 0 Å². The minimum atomic E-state index is -0.0116. The zero-order chi connectivity index (χ0) is 14.4. The Morgan fingerprint density at radius 1 is 1.50 bits per heavy atom. The number of aromatic nitrogens is 3. The summed E-state index contributed by atoms with van der Waals surface area (Å²) in [6.45, 7) is 2.64. The average Bonchev–Trinajstić information content (AvgIpc) is 2.99. The maximum absolute atomic E-state index is 11.8. The maximum atomic E-state index is 11.8. The molecule has 1 atom stereocenters. The smallest absolute Gasteiger partial charge is 0.224 e. The van der Waals surface area contributed by atoms with Crippen LogP contribution >= 0.6 is 0 Å². The van der Waals surface area contributed by atoms with Crippen LogP contribution in [0.3, 0.4) is 0 Å². The Bertz CT molecular complexity index is 535. The summed E-state index contributed by atoms with van der Waals surface area (Å²) >= 11 is 0. The highest BCUT2D eigenvalue weighted by atomic mass is 16.1. The highest BCUT2D eigenvalue weighted by Gasteiger charge is 2.06. The SMILES string of the molecule is CC(CN)CCC(=O)Nc1ccc(-n2ccnc2)nc1. The molecule has 0 aliphatic carbocycles. The van der Waals surface area contributed by atoms with E-state index < -0.39 is 0 Å². The summed E-state index contributed by atoms with van der Waals surface area (Å²) < 4.78 is 1.80. The molecule has 3 N–H and O–H groups in total. The van der Waals surface area contributed by atoms with Crippen LogP contribution in [0.2, 0.25) is 0 Å². The molecule has 1 amide bonds. The number of pyridine rings is 1. The summed E-state index contributed by atoms with van der Waals surface area (Å²) in [5.74, 6) is 1.11. The van der Waals surface area contributed by atoms with E-state index in [0.717, 1.165) is 12.2 Å². The number of hydrogen-bond acceptors (Lipinski definition) is 4. The summed E-state index contributed by atoms with van der Waals surface area (Å²) in [6, 6.07) is 3.66. The van der Waals surface area contributed by atoms with E-state index in [2.05, 4.69) is 15.3 Å². The number of rotatable bonds is 6. The Hall–Kier alpha value is -2.21. The lowest BCUT2D eigenvalue weighted by Crippen LogP contribution is -2.16. The maximum Gasteiger partial charge on any atom is 0.224 e. The fourth-order valence-corrected chi connectivity index (χ4v) is 1.73. The van der Waals surface area contributed by atoms with E-state index in [1.807, 2.05) is 25.3 Å². The molecule has 6 nitrogen and oxygen atoms in total. The number of anilines is 1. The molecule has 0 aliphatic rings. The molecule has 0 radical (unpaired) electrons. The first-order chi connectivity index (χ1) is 9.69. The van der Waals surface area contributed by atoms with Crippen LogP contribution in [0.4, 0.5) is 5.69 Å². The van der Waals surface area contributed by atoms with Crippen molar-refractivity contribution in [3.8, 4) is 5.82 Å². The van der Waals surface area contributed by atoms with Gasteiger partial charge in [-0.25, -0.2) is 9.97 Å². The van der Waals surface area contributed by atoms with E-state index in [1.54, 1.807) is 23.3 Å². The molecule has 0 aliphatic heterocycles. The van der Waals surface area contributed by atoms with Crippen molar-refractivity contribution in [2.24, 2.45) is 11.7 Å². The number of imidazole rings is 1. The number of nitrogens with zero attached hydrogens (tertiary/aromatic N) is 3. The standard InChI is InChI=1S/C14H19N5O/c1-11(8-15)2-5-14(20)18-12-3-4-13(17-9-12)19-7-6-16-10-19/h3-4,6-7,9-11H,2,5,8,15H2,1H3,(H,18,20). The van der Waals surface area contributed by atoms with Crippen LogP contribution in [-0.4, -0.2) is 27.0 Å². The third-order valence-corrected chi connectivity index (χ3v) is 3.07. The van der Waals surface area contributed by atoms with Gasteiger partial charge in [-0.2, -0.15) is 0 Å². The van der Waals surface area contributed by atoms with Crippen LogP contribution in [0, 0.1) is 5.92 Å². The molecule has 1 unspecified atom stereocenters. The van der Waals surface area contributed by atoms with Gasteiger partial charge in [0, 0.05) is 18.8 Å². The van der Waals surface area contributed by atoms with Crippen LogP contribution < -0.4 is 11.1 Å². The first-order valence-corrected chi connectivity index (χ1v) is 6.63. The number of carbonyl (C=O) groups is 1. The lowest BCUT2D eigenvalue weighted by atomic mass is 10.1. The summed E-state index contributed by atoms with van der Waals surface area (Å²) in [5, 5.41) is 2.83. The van der Waals surface area contributed by atoms with E-state index in [0.29, 0.717) is 24.6 Å². The number of nitrogens with two attached hydrogens (primary N) is 1. The zero-order valence-corrected chi connectivity index (χ0v) is 11.5. The molecule has 20 heavy (non-hydrogen) atoms. The van der Waals surface area contributed by atoms with E-state index in [4.69, 9.17) is 5.73 Å². The third kappa shape index (κ3) is 3.89. The molecular formula is C14H19N5O. The molecule has 0 aromatic carbocycles. The van der Waals surface area contributed by atoms with Crippen molar-refractivity contribution in [1.29, 1.82) is 0 Å². The van der Waals surface area contributed by atoms with E-state index in [-0.39, 0.29) is 5.91 Å². The lowest BCUT2D eigenvalue weighted by Gasteiger charge is -2.09. The minimum Gasteiger partial charge on any atom is -0.330 e. The summed E-state index contributed by atoms with van der Waals surface area (Å²) in [6.07, 6.45) is 8.09. The van der Waals surface area contributed by atoms with Crippen molar-refractivity contribution < 1.29 is 4.79 Å². The summed E-state index contributed by atoms with van der Waals surface area (Å²) in [4.78, 5) is 20.0. The van der Waals surface area contributed by atoms with Gasteiger partial charge in [0.25, 0.3) is 0 Å². The topological polar surface area (TPSA) is 85.8 Å². The molecule has 0 saturated carbocycles. The van der Waals surface area contributed by atoms with Crippen molar-refractivity contribution in [2.75, 3.05) is 11.9 Å². The van der Waals surface area contributed by atoms with Gasteiger partial charge in [-0.3, -0.25) is 9.36 Å². The molecule has 2 aromatic rings. The Balaban J connectivity index is 1.89. The Morgan fingerprint density at radius 2 is 2.35 bits per heavy atom. The monoisotopic (exact) mass is 273 g/mol. The van der Waals surface area contributed by atoms with Gasteiger partial charge in [0.1, 0.15) is 12.1 Å². The Kier molecular flexibility index (Phi) is 4.84. The normalized spacial score (nSPS) is 12.1. The zero-order valence-electron chi connectivity index (χ0n) is 11.5. The molecule has 0 saturated heterocycles. The van der Waals surface area contributed by atoms with E-state index in [9.17, 15) is 4.79 Å². The second-order valence-electron chi connectivity index (χ2n) is 4.80. The molecule has 106 valence electrons. The predicted octanol–water partition coefficient (Wildman–Crippen LogP) is 1.58. The van der Waals surface area contributed by atoms with Crippen LogP contribution in [0.25, 0.3) is 5.82 Å². The number of nitrogens with one attached hydrogen (secondary N) is 1. The lowest BCUT2D eigenvalue weighted by molar-refractivity contribution is -0.116. The van der Waals surface area contributed by atoms with Gasteiger partial charge in [0.2, 0.25) is 5.91 Å². The van der Waals surface area contributed by atoms with Crippen molar-refractivity contribution in [3.05, 3.63) is 37.1 Å². The molecule has 0 spiro atoms. The van der Waals surface area contributed by atoms with Crippen LogP contribution in [0.1, 0.15) is 19.8 Å². The molecule has 0 fully saturated rings. The van der Waals surface area contributed by atoms with Gasteiger partial charge in [-0.1, -0.05) is 6.92 Å². The van der Waals surface area contributed by atoms with E-state index in [1.165, 1.54) is 0 Å². The van der Waals surface area contributed by atoms with Crippen LogP contribution in [0.5, 0.6) is 0 Å². The summed E-state index contributed by atoms with van der Waals surface area (Å²) in [7, 11) is 0. The highest BCUT2D eigenvalue weighted by Crippen LogP contribution is 2.11. The molecule has 0 bridgehead atoms. The third-order valence-electron chi connectivity index (χ3n) is 3.07. The van der Waals surface area contributed by atoms with Gasteiger partial charge in [-0.15, -0.1) is 0 Å². The first kappa shape index (κ1) is 14.2. The van der Waals surface area contributed by atoms with Gasteiger partial charge in [0.05, 0.1) is 11.9 Å². The molecule has 2 heterocycles. The molecule has 6 heteroatoms. The highest BCUT2D eigenvalue weighted by molar-refractivity contribution is 5.90. The Morgan fingerprint density at radius 3 is 2.95 bits per heavy atom.